The molecule has 0 saturated heterocycles. The number of fused-ring (bicyclic) bond motifs is 1. The maximum Gasteiger partial charge on any atom is 0.258 e. The molecule has 0 fully saturated rings. The van der Waals surface area contributed by atoms with Gasteiger partial charge in [-0.25, -0.2) is 9.37 Å². The van der Waals surface area contributed by atoms with Crippen LogP contribution in [0.1, 0.15) is 11.4 Å². The molecule has 3 nitrogen and oxygen atoms in total. The van der Waals surface area contributed by atoms with Crippen molar-refractivity contribution in [1.82, 2.24) is 9.97 Å². The van der Waals surface area contributed by atoms with Crippen LogP contribution in [0.5, 0.6) is 0 Å². The fourth-order valence-corrected chi connectivity index (χ4v) is 2.03. The molecule has 0 atom stereocenters. The van der Waals surface area contributed by atoms with E-state index in [0.717, 1.165) is 5.56 Å². The lowest BCUT2D eigenvalue weighted by molar-refractivity contribution is 0.629. The van der Waals surface area contributed by atoms with Crippen LogP contribution >= 0.6 is 0 Å². The van der Waals surface area contributed by atoms with Crippen LogP contribution in [-0.4, -0.2) is 9.97 Å². The largest absolute Gasteiger partial charge is 0.310 e. The Hall–Kier alpha value is -2.49. The van der Waals surface area contributed by atoms with Crippen LogP contribution < -0.4 is 5.56 Å². The van der Waals surface area contributed by atoms with Crippen molar-refractivity contribution in [2.75, 3.05) is 0 Å². The van der Waals surface area contributed by atoms with Gasteiger partial charge in [0.1, 0.15) is 11.6 Å². The van der Waals surface area contributed by atoms with Crippen LogP contribution in [0.4, 0.5) is 4.39 Å². The molecule has 0 aliphatic carbocycles. The zero-order valence-electron chi connectivity index (χ0n) is 10.1. The van der Waals surface area contributed by atoms with Crippen molar-refractivity contribution in [2.24, 2.45) is 0 Å². The molecular formula is C15H11FN2O. The minimum absolute atomic E-state index is 0.275. The van der Waals surface area contributed by atoms with Crippen LogP contribution in [-0.2, 0) is 6.42 Å². The van der Waals surface area contributed by atoms with Crippen molar-refractivity contribution in [3.63, 3.8) is 0 Å². The van der Waals surface area contributed by atoms with Crippen molar-refractivity contribution in [3.05, 3.63) is 76.1 Å². The molecule has 0 bridgehead atoms. The molecule has 0 aliphatic rings. The minimum atomic E-state index is -0.435. The van der Waals surface area contributed by atoms with E-state index in [4.69, 9.17) is 0 Å². The zero-order valence-corrected chi connectivity index (χ0v) is 10.1. The molecule has 1 heterocycles. The molecule has 0 radical (unpaired) electrons. The number of aromatic nitrogens is 2. The molecule has 2 aromatic carbocycles. The summed E-state index contributed by atoms with van der Waals surface area (Å²) in [6, 6.07) is 13.8. The second kappa shape index (κ2) is 4.65. The molecule has 0 aliphatic heterocycles. The maximum atomic E-state index is 13.1. The molecule has 0 spiro atoms. The molecule has 3 rings (SSSR count). The number of H-pyrrole nitrogens is 1. The number of halogens is 1. The summed E-state index contributed by atoms with van der Waals surface area (Å²) in [5.41, 5.74) is 1.26. The van der Waals surface area contributed by atoms with E-state index in [-0.39, 0.29) is 10.9 Å². The lowest BCUT2D eigenvalue weighted by Crippen LogP contribution is -2.12. The Labute approximate surface area is 108 Å². The first-order valence-electron chi connectivity index (χ1n) is 5.95. The highest BCUT2D eigenvalue weighted by atomic mass is 19.1. The molecular weight excluding hydrogens is 243 g/mol. The van der Waals surface area contributed by atoms with Gasteiger partial charge in [-0.15, -0.1) is 0 Å². The molecule has 0 unspecified atom stereocenters. The normalized spacial score (nSPS) is 10.8. The van der Waals surface area contributed by atoms with Gasteiger partial charge in [0.25, 0.3) is 5.56 Å². The third kappa shape index (κ3) is 2.38. The second-order valence-electron chi connectivity index (χ2n) is 4.34. The zero-order chi connectivity index (χ0) is 13.2. The summed E-state index contributed by atoms with van der Waals surface area (Å²) in [6.45, 7) is 0. The SMILES string of the molecule is O=c1[nH]c(Cc2ccccc2)nc2ccc(F)cc12. The van der Waals surface area contributed by atoms with E-state index < -0.39 is 5.82 Å². The Morgan fingerprint density at radius 1 is 1.11 bits per heavy atom. The highest BCUT2D eigenvalue weighted by molar-refractivity contribution is 5.77. The molecule has 1 N–H and O–H groups in total. The fourth-order valence-electron chi connectivity index (χ4n) is 2.03. The summed E-state index contributed by atoms with van der Waals surface area (Å²) in [4.78, 5) is 18.9. The maximum absolute atomic E-state index is 13.1. The number of hydrogen-bond acceptors (Lipinski definition) is 2. The summed E-state index contributed by atoms with van der Waals surface area (Å²) in [5, 5.41) is 0.275. The van der Waals surface area contributed by atoms with Crippen LogP contribution in [0.3, 0.4) is 0 Å². The van der Waals surface area contributed by atoms with Gasteiger partial charge in [0.05, 0.1) is 10.9 Å². The summed E-state index contributed by atoms with van der Waals surface area (Å²) in [6.07, 6.45) is 0.545. The molecule has 3 aromatic rings. The molecule has 19 heavy (non-hydrogen) atoms. The van der Waals surface area contributed by atoms with Gasteiger partial charge in [-0.2, -0.15) is 0 Å². The van der Waals surface area contributed by atoms with Crippen molar-refractivity contribution >= 4 is 10.9 Å². The van der Waals surface area contributed by atoms with Crippen molar-refractivity contribution in [2.45, 2.75) is 6.42 Å². The quantitative estimate of drug-likeness (QED) is 0.764. The Morgan fingerprint density at radius 2 is 1.89 bits per heavy atom. The average molecular weight is 254 g/mol. The third-order valence-corrected chi connectivity index (χ3v) is 2.93. The monoisotopic (exact) mass is 254 g/mol. The predicted molar refractivity (Wildman–Crippen MR) is 71.6 cm³/mol. The van der Waals surface area contributed by atoms with Gasteiger partial charge in [0.2, 0.25) is 0 Å². The van der Waals surface area contributed by atoms with E-state index >= 15 is 0 Å². The van der Waals surface area contributed by atoms with E-state index in [0.29, 0.717) is 17.8 Å². The van der Waals surface area contributed by atoms with Crippen molar-refractivity contribution < 1.29 is 4.39 Å². The van der Waals surface area contributed by atoms with E-state index in [9.17, 15) is 9.18 Å². The lowest BCUT2D eigenvalue weighted by Gasteiger charge is -2.03. The summed E-state index contributed by atoms with van der Waals surface area (Å²) < 4.78 is 13.1. The van der Waals surface area contributed by atoms with Crippen LogP contribution in [0, 0.1) is 5.82 Å². The van der Waals surface area contributed by atoms with E-state index in [1.165, 1.54) is 18.2 Å². The fraction of sp³-hybridized carbons (Fsp3) is 0.0667. The first kappa shape index (κ1) is 11.6. The van der Waals surface area contributed by atoms with Gasteiger partial charge in [-0.05, 0) is 23.8 Å². The topological polar surface area (TPSA) is 45.8 Å². The molecule has 0 amide bonds. The molecule has 94 valence electrons. The van der Waals surface area contributed by atoms with Crippen LogP contribution in [0.2, 0.25) is 0 Å². The first-order valence-corrected chi connectivity index (χ1v) is 5.95. The Morgan fingerprint density at radius 3 is 2.68 bits per heavy atom. The average Bonchev–Trinajstić information content (AvgIpc) is 2.41. The van der Waals surface area contributed by atoms with E-state index in [2.05, 4.69) is 9.97 Å². The Kier molecular flexibility index (Phi) is 2.83. The van der Waals surface area contributed by atoms with Gasteiger partial charge in [-0.3, -0.25) is 4.79 Å². The Bertz CT molecular complexity index is 781. The smallest absolute Gasteiger partial charge is 0.258 e. The van der Waals surface area contributed by atoms with Crippen molar-refractivity contribution in [3.8, 4) is 0 Å². The van der Waals surface area contributed by atoms with Crippen LogP contribution in [0.25, 0.3) is 10.9 Å². The van der Waals surface area contributed by atoms with Crippen molar-refractivity contribution in [1.29, 1.82) is 0 Å². The number of aromatic amines is 1. The lowest BCUT2D eigenvalue weighted by atomic mass is 10.1. The van der Waals surface area contributed by atoms with Gasteiger partial charge >= 0.3 is 0 Å². The number of nitrogens with one attached hydrogen (secondary N) is 1. The molecule has 1 aromatic heterocycles. The summed E-state index contributed by atoms with van der Waals surface area (Å²) in [5.74, 6) is 0.144. The van der Waals surface area contributed by atoms with E-state index in [1.807, 2.05) is 30.3 Å². The highest BCUT2D eigenvalue weighted by Crippen LogP contribution is 2.11. The van der Waals surface area contributed by atoms with Gasteiger partial charge in [0.15, 0.2) is 0 Å². The van der Waals surface area contributed by atoms with Gasteiger partial charge in [-0.1, -0.05) is 30.3 Å². The third-order valence-electron chi connectivity index (χ3n) is 2.93. The van der Waals surface area contributed by atoms with Crippen LogP contribution in [0.15, 0.2) is 53.3 Å². The predicted octanol–water partition coefficient (Wildman–Crippen LogP) is 2.65. The number of hydrogen-bond donors (Lipinski definition) is 1. The Balaban J connectivity index is 2.07. The first-order chi connectivity index (χ1) is 9.22. The summed E-state index contributed by atoms with van der Waals surface area (Å²) >= 11 is 0. The van der Waals surface area contributed by atoms with Gasteiger partial charge < -0.3 is 4.98 Å². The number of rotatable bonds is 2. The molecule has 4 heteroatoms. The van der Waals surface area contributed by atoms with E-state index in [1.54, 1.807) is 0 Å². The van der Waals surface area contributed by atoms with Gasteiger partial charge in [0, 0.05) is 6.42 Å². The minimum Gasteiger partial charge on any atom is -0.310 e. The number of nitrogens with zero attached hydrogens (tertiary/aromatic N) is 1. The second-order valence-corrected chi connectivity index (χ2v) is 4.34. The highest BCUT2D eigenvalue weighted by Gasteiger charge is 2.05. The molecule has 0 saturated carbocycles. The summed E-state index contributed by atoms with van der Waals surface area (Å²) in [7, 11) is 0. The number of benzene rings is 2. The standard InChI is InChI=1S/C15H11FN2O/c16-11-6-7-13-12(9-11)15(19)18-14(17-13)8-10-4-2-1-3-5-10/h1-7,9H,8H2,(H,17,18,19).